The Kier molecular flexibility index (Phi) is 11.7. The summed E-state index contributed by atoms with van der Waals surface area (Å²) >= 11 is 0. The molecule has 2 aromatic rings. The maximum absolute atomic E-state index is 14.0. The van der Waals surface area contributed by atoms with Crippen LogP contribution in [0.15, 0.2) is 73.1 Å². The molecule has 2 unspecified atom stereocenters. The summed E-state index contributed by atoms with van der Waals surface area (Å²) in [5.74, 6) is -0.205. The van der Waals surface area contributed by atoms with Crippen LogP contribution < -0.4 is 10.6 Å². The molecule has 0 aliphatic heterocycles. The average molecular weight is 517 g/mol. The van der Waals surface area contributed by atoms with Crippen LogP contribution in [0.3, 0.4) is 0 Å². The highest BCUT2D eigenvalue weighted by Crippen LogP contribution is 2.30. The van der Waals surface area contributed by atoms with Gasteiger partial charge in [-0.15, -0.1) is 6.58 Å². The fourth-order valence-electron chi connectivity index (χ4n) is 5.27. The Morgan fingerprint density at radius 1 is 1.13 bits per heavy atom. The normalized spacial score (nSPS) is 15.7. The number of carbonyl (C=O) groups is 2. The van der Waals surface area contributed by atoms with Crippen molar-refractivity contribution in [3.8, 4) is 0 Å². The summed E-state index contributed by atoms with van der Waals surface area (Å²) in [5, 5.41) is 6.63. The van der Waals surface area contributed by atoms with E-state index >= 15 is 0 Å². The van der Waals surface area contributed by atoms with Gasteiger partial charge in [-0.05, 0) is 81.8 Å². The van der Waals surface area contributed by atoms with E-state index in [1.54, 1.807) is 17.3 Å². The summed E-state index contributed by atoms with van der Waals surface area (Å²) < 4.78 is 0. The van der Waals surface area contributed by atoms with Gasteiger partial charge >= 0.3 is 0 Å². The van der Waals surface area contributed by atoms with Crippen molar-refractivity contribution in [2.45, 2.75) is 83.8 Å². The van der Waals surface area contributed by atoms with Crippen LogP contribution in [-0.2, 0) is 16.0 Å². The van der Waals surface area contributed by atoms with E-state index < -0.39 is 6.04 Å². The lowest BCUT2D eigenvalue weighted by Gasteiger charge is -2.38. The molecule has 1 heterocycles. The zero-order valence-electron chi connectivity index (χ0n) is 23.3. The number of rotatable bonds is 13. The van der Waals surface area contributed by atoms with E-state index in [9.17, 15) is 9.59 Å². The number of allylic oxidation sites excluding steroid dienone is 1. The molecule has 6 nitrogen and oxygen atoms in total. The van der Waals surface area contributed by atoms with Crippen LogP contribution in [0.4, 0.5) is 0 Å². The lowest BCUT2D eigenvalue weighted by atomic mass is 9.93. The molecule has 2 N–H and O–H groups in total. The number of hydrogen-bond donors (Lipinski definition) is 2. The van der Waals surface area contributed by atoms with Crippen molar-refractivity contribution < 1.29 is 9.59 Å². The molecule has 38 heavy (non-hydrogen) atoms. The number of amides is 2. The van der Waals surface area contributed by atoms with Gasteiger partial charge in [0.05, 0.1) is 12.6 Å². The van der Waals surface area contributed by atoms with Crippen molar-refractivity contribution in [2.24, 2.45) is 0 Å². The maximum Gasteiger partial charge on any atom is 0.247 e. The SMILES string of the molecule is C=C(C)CC(/C=C\C)N(C(=O)CNCCc1ccncc1)C(C(=O)NC1CCCCC1)c1ccccc1C. The molecular weight excluding hydrogens is 472 g/mol. The van der Waals surface area contributed by atoms with Gasteiger partial charge in [0.1, 0.15) is 6.04 Å². The second kappa shape index (κ2) is 15.2. The van der Waals surface area contributed by atoms with Gasteiger partial charge in [0, 0.05) is 18.4 Å². The molecule has 1 fully saturated rings. The third-order valence-corrected chi connectivity index (χ3v) is 7.19. The largest absolute Gasteiger partial charge is 0.351 e. The molecule has 0 radical (unpaired) electrons. The minimum Gasteiger partial charge on any atom is -0.351 e. The molecule has 6 heteroatoms. The minimum atomic E-state index is -0.729. The molecule has 0 saturated heterocycles. The number of nitrogens with zero attached hydrogens (tertiary/aromatic N) is 2. The molecule has 1 aromatic heterocycles. The molecule has 1 saturated carbocycles. The molecule has 1 aliphatic rings. The lowest BCUT2D eigenvalue weighted by Crippen LogP contribution is -2.52. The molecule has 0 bridgehead atoms. The molecule has 2 amide bonds. The summed E-state index contributed by atoms with van der Waals surface area (Å²) in [4.78, 5) is 33.9. The number of pyridine rings is 1. The van der Waals surface area contributed by atoms with E-state index in [1.165, 1.54) is 6.42 Å². The van der Waals surface area contributed by atoms with Crippen molar-refractivity contribution >= 4 is 11.8 Å². The first-order chi connectivity index (χ1) is 18.4. The van der Waals surface area contributed by atoms with Gasteiger partial charge in [0.2, 0.25) is 11.8 Å². The quantitative estimate of drug-likeness (QED) is 0.274. The van der Waals surface area contributed by atoms with Crippen LogP contribution in [0.2, 0.25) is 0 Å². The van der Waals surface area contributed by atoms with Gasteiger partial charge in [0.25, 0.3) is 0 Å². The Balaban J connectivity index is 1.91. The zero-order chi connectivity index (χ0) is 27.3. The molecule has 204 valence electrons. The second-order valence-corrected chi connectivity index (χ2v) is 10.4. The third kappa shape index (κ3) is 8.66. The second-order valence-electron chi connectivity index (χ2n) is 10.4. The summed E-state index contributed by atoms with van der Waals surface area (Å²) in [5.41, 5.74) is 3.99. The number of aryl methyl sites for hydroxylation is 1. The van der Waals surface area contributed by atoms with E-state index in [1.807, 2.05) is 69.3 Å². The highest BCUT2D eigenvalue weighted by molar-refractivity contribution is 5.90. The summed E-state index contributed by atoms with van der Waals surface area (Å²) in [6.07, 6.45) is 14.4. The van der Waals surface area contributed by atoms with E-state index in [4.69, 9.17) is 0 Å². The van der Waals surface area contributed by atoms with Crippen LogP contribution in [0.1, 0.15) is 75.1 Å². The predicted molar refractivity (Wildman–Crippen MR) is 155 cm³/mol. The van der Waals surface area contributed by atoms with Crippen molar-refractivity contribution in [3.05, 3.63) is 89.8 Å². The Labute approximate surface area is 228 Å². The third-order valence-electron chi connectivity index (χ3n) is 7.19. The lowest BCUT2D eigenvalue weighted by molar-refractivity contribution is -0.142. The van der Waals surface area contributed by atoms with Crippen LogP contribution in [0, 0.1) is 6.92 Å². The van der Waals surface area contributed by atoms with E-state index in [2.05, 4.69) is 22.2 Å². The van der Waals surface area contributed by atoms with Gasteiger partial charge in [-0.25, -0.2) is 0 Å². The van der Waals surface area contributed by atoms with Gasteiger partial charge in [-0.1, -0.05) is 61.3 Å². The topological polar surface area (TPSA) is 74.3 Å². The van der Waals surface area contributed by atoms with Crippen molar-refractivity contribution in [2.75, 3.05) is 13.1 Å². The van der Waals surface area contributed by atoms with E-state index in [-0.39, 0.29) is 30.4 Å². The smallest absolute Gasteiger partial charge is 0.247 e. The number of hydrogen-bond acceptors (Lipinski definition) is 4. The fourth-order valence-corrected chi connectivity index (χ4v) is 5.27. The first-order valence-electron chi connectivity index (χ1n) is 13.9. The van der Waals surface area contributed by atoms with Crippen molar-refractivity contribution in [3.63, 3.8) is 0 Å². The van der Waals surface area contributed by atoms with Crippen LogP contribution in [0.5, 0.6) is 0 Å². The van der Waals surface area contributed by atoms with Crippen LogP contribution >= 0.6 is 0 Å². The molecule has 1 aliphatic carbocycles. The monoisotopic (exact) mass is 516 g/mol. The summed E-state index contributed by atoms with van der Waals surface area (Å²) in [6.45, 7) is 10.9. The summed E-state index contributed by atoms with van der Waals surface area (Å²) in [6, 6.07) is 11.0. The van der Waals surface area contributed by atoms with Crippen molar-refractivity contribution in [1.82, 2.24) is 20.5 Å². The summed E-state index contributed by atoms with van der Waals surface area (Å²) in [7, 11) is 0. The number of carbonyl (C=O) groups excluding carboxylic acids is 2. The average Bonchev–Trinajstić information content (AvgIpc) is 2.91. The fraction of sp³-hybridized carbons (Fsp3) is 0.469. The number of nitrogens with one attached hydrogen (secondary N) is 2. The van der Waals surface area contributed by atoms with E-state index in [0.717, 1.165) is 54.4 Å². The first-order valence-corrected chi connectivity index (χ1v) is 13.9. The van der Waals surface area contributed by atoms with Crippen molar-refractivity contribution in [1.29, 1.82) is 0 Å². The Hall–Kier alpha value is -3.25. The first kappa shape index (κ1) is 29.3. The Morgan fingerprint density at radius 3 is 2.50 bits per heavy atom. The van der Waals surface area contributed by atoms with Gasteiger partial charge in [0.15, 0.2) is 0 Å². The minimum absolute atomic E-state index is 0.101. The Morgan fingerprint density at radius 2 is 1.84 bits per heavy atom. The Bertz CT molecular complexity index is 1080. The van der Waals surface area contributed by atoms with Gasteiger partial charge in [-0.3, -0.25) is 14.6 Å². The predicted octanol–water partition coefficient (Wildman–Crippen LogP) is 5.45. The number of benzene rings is 1. The highest BCUT2D eigenvalue weighted by atomic mass is 16.2. The van der Waals surface area contributed by atoms with Gasteiger partial charge < -0.3 is 15.5 Å². The molecule has 2 atom stereocenters. The molecular formula is C32H44N4O2. The molecule has 1 aromatic carbocycles. The highest BCUT2D eigenvalue weighted by Gasteiger charge is 2.36. The zero-order valence-corrected chi connectivity index (χ0v) is 23.3. The van der Waals surface area contributed by atoms with E-state index in [0.29, 0.717) is 13.0 Å². The van der Waals surface area contributed by atoms with Crippen LogP contribution in [-0.4, -0.2) is 46.9 Å². The molecule has 3 rings (SSSR count). The number of aromatic nitrogens is 1. The van der Waals surface area contributed by atoms with Gasteiger partial charge in [-0.2, -0.15) is 0 Å². The van der Waals surface area contributed by atoms with Crippen LogP contribution in [0.25, 0.3) is 0 Å². The standard InChI is InChI=1S/C32H44N4O2/c1-5-11-28(22-24(2)3)36(30(37)23-34-21-18-26-16-19-33-20-17-26)31(29-15-10-9-12-25(29)4)32(38)35-27-13-7-6-8-14-27/h5,9-12,15-17,19-20,27-28,31,34H,2,6-8,13-14,18,21-23H2,1,3-4H3,(H,35,38)/b11-5-. The molecule has 0 spiro atoms. The maximum atomic E-state index is 14.0.